The van der Waals surface area contributed by atoms with Crippen LogP contribution in [0.15, 0.2) is 12.1 Å². The smallest absolute Gasteiger partial charge is 0.154 e. The lowest BCUT2D eigenvalue weighted by Gasteiger charge is -2.10. The molecule has 0 radical (unpaired) electrons. The number of halogens is 1. The van der Waals surface area contributed by atoms with Gasteiger partial charge in [0, 0.05) is 12.2 Å². The maximum Gasteiger partial charge on any atom is 0.154 e. The Labute approximate surface area is 131 Å². The summed E-state index contributed by atoms with van der Waals surface area (Å²) in [5, 5.41) is 8.64. The van der Waals surface area contributed by atoms with Crippen LogP contribution < -0.4 is 5.32 Å². The van der Waals surface area contributed by atoms with Crippen LogP contribution in [0.2, 0.25) is 5.02 Å². The summed E-state index contributed by atoms with van der Waals surface area (Å²) in [5.74, 6) is 0.843. The van der Waals surface area contributed by atoms with Gasteiger partial charge in [0.1, 0.15) is 0 Å². The minimum absolute atomic E-state index is 0.712. The van der Waals surface area contributed by atoms with Gasteiger partial charge in [0.15, 0.2) is 5.82 Å². The summed E-state index contributed by atoms with van der Waals surface area (Å²) in [6, 6.07) is 4.23. The molecule has 2 rings (SSSR count). The van der Waals surface area contributed by atoms with Crippen LogP contribution in [-0.2, 0) is 13.0 Å². The fourth-order valence-corrected chi connectivity index (χ4v) is 2.40. The van der Waals surface area contributed by atoms with Crippen molar-refractivity contribution in [2.24, 2.45) is 0 Å². The predicted molar refractivity (Wildman–Crippen MR) is 87.2 cm³/mol. The fraction of sp³-hybridized carbons (Fsp3) is 0.500. The van der Waals surface area contributed by atoms with Crippen molar-refractivity contribution in [3.63, 3.8) is 0 Å². The molecule has 5 heteroatoms. The number of hydrogen-bond donors (Lipinski definition) is 1. The predicted octanol–water partition coefficient (Wildman–Crippen LogP) is 3.60. The highest BCUT2D eigenvalue weighted by Crippen LogP contribution is 2.22. The van der Waals surface area contributed by atoms with E-state index in [1.54, 1.807) is 0 Å². The van der Waals surface area contributed by atoms with Crippen LogP contribution in [0.4, 0.5) is 0 Å². The largest absolute Gasteiger partial charge is 0.313 e. The molecule has 2 aromatic rings. The highest BCUT2D eigenvalue weighted by atomic mass is 35.5. The Morgan fingerprint density at radius 1 is 1.24 bits per heavy atom. The molecule has 0 bridgehead atoms. The highest BCUT2D eigenvalue weighted by molar-refractivity contribution is 6.31. The number of nitrogens with one attached hydrogen (secondary N) is 1. The van der Waals surface area contributed by atoms with E-state index in [4.69, 9.17) is 11.6 Å². The van der Waals surface area contributed by atoms with Gasteiger partial charge in [-0.15, -0.1) is 0 Å². The van der Waals surface area contributed by atoms with Gasteiger partial charge >= 0.3 is 0 Å². The second-order valence-electron chi connectivity index (χ2n) is 5.25. The molecule has 0 atom stereocenters. The molecule has 0 saturated heterocycles. The normalized spacial score (nSPS) is 11.1. The lowest BCUT2D eigenvalue weighted by Crippen LogP contribution is -2.15. The zero-order valence-corrected chi connectivity index (χ0v) is 14.0. The summed E-state index contributed by atoms with van der Waals surface area (Å²) in [4.78, 5) is 4.68. The fourth-order valence-electron chi connectivity index (χ4n) is 2.28. The van der Waals surface area contributed by atoms with Crippen LogP contribution in [-0.4, -0.2) is 21.3 Å². The van der Waals surface area contributed by atoms with Crippen molar-refractivity contribution in [2.45, 2.75) is 47.1 Å². The number of aromatic nitrogens is 3. The third-order valence-electron chi connectivity index (χ3n) is 3.46. The molecule has 2 heterocycles. The van der Waals surface area contributed by atoms with Gasteiger partial charge in [-0.25, -0.2) is 9.67 Å². The lowest BCUT2D eigenvalue weighted by molar-refractivity contribution is 0.672. The summed E-state index contributed by atoms with van der Waals surface area (Å²) in [6.07, 6.45) is 2.04. The third-order valence-corrected chi connectivity index (χ3v) is 4.01. The van der Waals surface area contributed by atoms with Crippen LogP contribution >= 0.6 is 11.6 Å². The van der Waals surface area contributed by atoms with E-state index >= 15 is 0 Å². The van der Waals surface area contributed by atoms with Crippen LogP contribution in [0.5, 0.6) is 0 Å². The van der Waals surface area contributed by atoms with Crippen molar-refractivity contribution in [3.8, 4) is 5.82 Å². The maximum atomic E-state index is 6.24. The molecule has 0 amide bonds. The number of hydrogen-bond acceptors (Lipinski definition) is 3. The Kier molecular flexibility index (Phi) is 5.37. The van der Waals surface area contributed by atoms with E-state index in [0.29, 0.717) is 5.02 Å². The Morgan fingerprint density at radius 2 is 2.00 bits per heavy atom. The molecule has 21 heavy (non-hydrogen) atoms. The summed E-state index contributed by atoms with van der Waals surface area (Å²) in [6.45, 7) is 10.0. The van der Waals surface area contributed by atoms with E-state index in [-0.39, 0.29) is 0 Å². The molecular weight excluding hydrogens is 284 g/mol. The molecule has 114 valence electrons. The minimum atomic E-state index is 0.712. The van der Waals surface area contributed by atoms with Gasteiger partial charge in [-0.05, 0) is 50.9 Å². The Bertz CT molecular complexity index is 619. The Morgan fingerprint density at radius 3 is 2.57 bits per heavy atom. The van der Waals surface area contributed by atoms with E-state index in [2.05, 4.69) is 41.4 Å². The standard InChI is InChI=1S/C16H23ClN4/c1-5-7-18-10-13-8-14(6-2)19-15(9-13)21-12(4)16(17)11(3)20-21/h8-9,18H,5-7,10H2,1-4H3. The number of pyridine rings is 1. The molecule has 0 unspecified atom stereocenters. The van der Waals surface area contributed by atoms with Gasteiger partial charge in [-0.1, -0.05) is 25.4 Å². The Balaban J connectivity index is 2.38. The van der Waals surface area contributed by atoms with E-state index in [1.807, 2.05) is 18.5 Å². The van der Waals surface area contributed by atoms with Crippen molar-refractivity contribution in [3.05, 3.63) is 39.8 Å². The zero-order chi connectivity index (χ0) is 15.4. The second-order valence-corrected chi connectivity index (χ2v) is 5.63. The van der Waals surface area contributed by atoms with Gasteiger partial charge in [-0.2, -0.15) is 5.10 Å². The Hall–Kier alpha value is -1.39. The molecule has 0 aliphatic rings. The summed E-state index contributed by atoms with van der Waals surface area (Å²) in [5.41, 5.74) is 4.07. The third kappa shape index (κ3) is 3.63. The quantitative estimate of drug-likeness (QED) is 0.829. The van der Waals surface area contributed by atoms with E-state index in [0.717, 1.165) is 48.8 Å². The van der Waals surface area contributed by atoms with Crippen molar-refractivity contribution < 1.29 is 0 Å². The number of aryl methyl sites for hydroxylation is 2. The van der Waals surface area contributed by atoms with Gasteiger partial charge < -0.3 is 5.32 Å². The van der Waals surface area contributed by atoms with Crippen LogP contribution in [0, 0.1) is 13.8 Å². The molecule has 1 N–H and O–H groups in total. The summed E-state index contributed by atoms with van der Waals surface area (Å²) < 4.78 is 1.83. The topological polar surface area (TPSA) is 42.7 Å². The number of rotatable bonds is 6. The van der Waals surface area contributed by atoms with Crippen molar-refractivity contribution in [2.75, 3.05) is 6.54 Å². The summed E-state index contributed by atoms with van der Waals surface area (Å²) in [7, 11) is 0. The molecule has 0 spiro atoms. The SMILES string of the molecule is CCCNCc1cc(CC)nc(-n2nc(C)c(Cl)c2C)c1. The molecule has 2 aromatic heterocycles. The van der Waals surface area contributed by atoms with Gasteiger partial charge in [0.05, 0.1) is 16.4 Å². The minimum Gasteiger partial charge on any atom is -0.313 e. The van der Waals surface area contributed by atoms with Gasteiger partial charge in [0.25, 0.3) is 0 Å². The molecule has 4 nitrogen and oxygen atoms in total. The van der Waals surface area contributed by atoms with Crippen molar-refractivity contribution in [1.29, 1.82) is 0 Å². The summed E-state index contributed by atoms with van der Waals surface area (Å²) >= 11 is 6.24. The average Bonchev–Trinajstić information content (AvgIpc) is 2.75. The van der Waals surface area contributed by atoms with E-state index in [1.165, 1.54) is 5.56 Å². The molecule has 0 aliphatic carbocycles. The maximum absolute atomic E-state index is 6.24. The molecular formula is C16H23ClN4. The van der Waals surface area contributed by atoms with E-state index in [9.17, 15) is 0 Å². The zero-order valence-electron chi connectivity index (χ0n) is 13.2. The highest BCUT2D eigenvalue weighted by Gasteiger charge is 2.13. The van der Waals surface area contributed by atoms with Crippen molar-refractivity contribution >= 4 is 11.6 Å². The van der Waals surface area contributed by atoms with E-state index < -0.39 is 0 Å². The second kappa shape index (κ2) is 7.05. The molecule has 0 aliphatic heterocycles. The monoisotopic (exact) mass is 306 g/mol. The van der Waals surface area contributed by atoms with Crippen molar-refractivity contribution in [1.82, 2.24) is 20.1 Å². The van der Waals surface area contributed by atoms with Crippen LogP contribution in [0.1, 0.15) is 42.9 Å². The van der Waals surface area contributed by atoms with Gasteiger partial charge in [0.2, 0.25) is 0 Å². The molecule has 0 saturated carbocycles. The first-order valence-corrected chi connectivity index (χ1v) is 7.87. The van der Waals surface area contributed by atoms with Crippen LogP contribution in [0.3, 0.4) is 0 Å². The first-order chi connectivity index (χ1) is 10.1. The van der Waals surface area contributed by atoms with Gasteiger partial charge in [-0.3, -0.25) is 0 Å². The lowest BCUT2D eigenvalue weighted by atomic mass is 10.2. The first kappa shape index (κ1) is 16.0. The molecule has 0 aromatic carbocycles. The average molecular weight is 307 g/mol. The van der Waals surface area contributed by atoms with Crippen LogP contribution in [0.25, 0.3) is 5.82 Å². The number of nitrogens with zero attached hydrogens (tertiary/aromatic N) is 3. The molecule has 0 fully saturated rings. The first-order valence-electron chi connectivity index (χ1n) is 7.49.